The van der Waals surface area contributed by atoms with E-state index in [2.05, 4.69) is 0 Å². The Morgan fingerprint density at radius 1 is 0.654 bits per heavy atom. The first kappa shape index (κ1) is 18.2. The molecule has 0 bridgehead atoms. The lowest BCUT2D eigenvalue weighted by Gasteiger charge is -2.47. The van der Waals surface area contributed by atoms with E-state index in [0.29, 0.717) is 0 Å². The Morgan fingerprint density at radius 3 is 1.27 bits per heavy atom. The summed E-state index contributed by atoms with van der Waals surface area (Å²) >= 11 is 0. The summed E-state index contributed by atoms with van der Waals surface area (Å²) in [5.74, 6) is -0.00697. The van der Waals surface area contributed by atoms with Gasteiger partial charge in [-0.2, -0.15) is 0 Å². The zero-order valence-corrected chi connectivity index (χ0v) is 15.8. The van der Waals surface area contributed by atoms with Crippen LogP contribution in [0.15, 0.2) is 60.7 Å². The maximum Gasteiger partial charge on any atom is 0.246 e. The van der Waals surface area contributed by atoms with Crippen LogP contribution in [-0.4, -0.2) is 33.7 Å². The number of piperazine rings is 1. The van der Waals surface area contributed by atoms with Crippen LogP contribution in [0.25, 0.3) is 0 Å². The molecule has 26 heavy (non-hydrogen) atoms. The Kier molecular flexibility index (Phi) is 5.12. The van der Waals surface area contributed by atoms with E-state index >= 15 is 0 Å². The lowest BCUT2D eigenvalue weighted by atomic mass is 9.96. The lowest BCUT2D eigenvalue weighted by Crippen LogP contribution is -2.63. The van der Waals surface area contributed by atoms with Crippen LogP contribution in [0.2, 0.25) is 0 Å². The second kappa shape index (κ2) is 7.32. The zero-order chi connectivity index (χ0) is 18.8. The van der Waals surface area contributed by atoms with Crippen LogP contribution in [-0.2, 0) is 9.59 Å². The number of hydrogen-bond acceptors (Lipinski definition) is 2. The molecule has 0 aliphatic carbocycles. The summed E-state index contributed by atoms with van der Waals surface area (Å²) in [5, 5.41) is 0. The van der Waals surface area contributed by atoms with Crippen LogP contribution in [0.4, 0.5) is 0 Å². The van der Waals surface area contributed by atoms with E-state index in [-0.39, 0.29) is 23.9 Å². The van der Waals surface area contributed by atoms with E-state index in [0.717, 1.165) is 11.1 Å². The molecule has 0 N–H and O–H groups in total. The molecule has 2 aromatic rings. The molecular formula is C22H26N2O2. The second-order valence-corrected chi connectivity index (χ2v) is 7.02. The summed E-state index contributed by atoms with van der Waals surface area (Å²) in [5.41, 5.74) is 2.08. The first-order chi connectivity index (χ1) is 12.4. The van der Waals surface area contributed by atoms with Crippen molar-refractivity contribution in [2.45, 2.75) is 51.9 Å². The van der Waals surface area contributed by atoms with Crippen LogP contribution in [0.5, 0.6) is 0 Å². The smallest absolute Gasteiger partial charge is 0.246 e. The molecule has 2 aromatic carbocycles. The fourth-order valence-corrected chi connectivity index (χ4v) is 3.89. The van der Waals surface area contributed by atoms with Crippen molar-refractivity contribution in [2.24, 2.45) is 0 Å². The first-order valence-corrected chi connectivity index (χ1v) is 9.17. The molecule has 0 radical (unpaired) electrons. The van der Waals surface area contributed by atoms with Crippen molar-refractivity contribution in [1.29, 1.82) is 0 Å². The van der Waals surface area contributed by atoms with Crippen LogP contribution < -0.4 is 0 Å². The molecule has 4 atom stereocenters. The number of benzene rings is 2. The van der Waals surface area contributed by atoms with Gasteiger partial charge < -0.3 is 9.80 Å². The highest BCUT2D eigenvalue weighted by Gasteiger charge is 2.45. The van der Waals surface area contributed by atoms with E-state index in [1.165, 1.54) is 0 Å². The summed E-state index contributed by atoms with van der Waals surface area (Å²) in [4.78, 5) is 29.8. The van der Waals surface area contributed by atoms with Gasteiger partial charge in [0.05, 0.1) is 12.1 Å². The van der Waals surface area contributed by atoms with Gasteiger partial charge in [0.1, 0.15) is 12.1 Å². The molecule has 0 spiro atoms. The number of carbonyl (C=O) groups excluding carboxylic acids is 2. The summed E-state index contributed by atoms with van der Waals surface area (Å²) < 4.78 is 0. The fraction of sp³-hybridized carbons (Fsp3) is 0.364. The Labute approximate surface area is 155 Å². The van der Waals surface area contributed by atoms with Gasteiger partial charge in [-0.3, -0.25) is 9.59 Å². The van der Waals surface area contributed by atoms with E-state index in [1.807, 2.05) is 88.4 Å². The van der Waals surface area contributed by atoms with E-state index in [4.69, 9.17) is 0 Å². The normalized spacial score (nSPS) is 23.1. The highest BCUT2D eigenvalue weighted by Crippen LogP contribution is 2.33. The minimum atomic E-state index is -0.486. The average molecular weight is 350 g/mol. The van der Waals surface area contributed by atoms with Crippen molar-refractivity contribution in [3.63, 3.8) is 0 Å². The number of hydrogen-bond donors (Lipinski definition) is 0. The number of nitrogens with zero attached hydrogens (tertiary/aromatic N) is 2. The Balaban J connectivity index is 1.89. The molecule has 2 amide bonds. The monoisotopic (exact) mass is 350 g/mol. The lowest BCUT2D eigenvalue weighted by molar-refractivity contribution is -0.165. The van der Waals surface area contributed by atoms with E-state index < -0.39 is 12.1 Å². The van der Waals surface area contributed by atoms with Crippen molar-refractivity contribution in [3.05, 3.63) is 71.8 Å². The van der Waals surface area contributed by atoms with Crippen LogP contribution >= 0.6 is 0 Å². The minimum absolute atomic E-state index is 0.00349. The van der Waals surface area contributed by atoms with Crippen molar-refractivity contribution in [1.82, 2.24) is 9.80 Å². The standard InChI is InChI=1S/C22H26N2O2/c1-15(19-11-7-5-8-12-19)23-17(3)22(26)24(18(4)21(23)25)16(2)20-13-9-6-10-14-20/h5-18H,1-4H3/t15-,16-,17-,18+/m0/s1. The number of amides is 2. The van der Waals surface area contributed by atoms with Gasteiger partial charge >= 0.3 is 0 Å². The molecule has 1 saturated heterocycles. The van der Waals surface area contributed by atoms with Gasteiger partial charge in [0.15, 0.2) is 0 Å². The molecule has 136 valence electrons. The van der Waals surface area contributed by atoms with Gasteiger partial charge in [0, 0.05) is 0 Å². The topological polar surface area (TPSA) is 40.6 Å². The quantitative estimate of drug-likeness (QED) is 0.837. The molecule has 0 unspecified atom stereocenters. The number of rotatable bonds is 4. The van der Waals surface area contributed by atoms with Crippen molar-refractivity contribution in [3.8, 4) is 0 Å². The van der Waals surface area contributed by atoms with Crippen molar-refractivity contribution < 1.29 is 9.59 Å². The highest BCUT2D eigenvalue weighted by molar-refractivity contribution is 5.97. The third-order valence-corrected chi connectivity index (χ3v) is 5.46. The second-order valence-electron chi connectivity index (χ2n) is 7.02. The zero-order valence-electron chi connectivity index (χ0n) is 15.8. The maximum atomic E-state index is 13.2. The van der Waals surface area contributed by atoms with Gasteiger partial charge in [-0.25, -0.2) is 0 Å². The maximum absolute atomic E-state index is 13.2. The van der Waals surface area contributed by atoms with Gasteiger partial charge in [0.25, 0.3) is 0 Å². The largest absolute Gasteiger partial charge is 0.322 e. The summed E-state index contributed by atoms with van der Waals surface area (Å²) in [6.07, 6.45) is 0. The summed E-state index contributed by atoms with van der Waals surface area (Å²) in [7, 11) is 0. The molecule has 1 fully saturated rings. The summed E-state index contributed by atoms with van der Waals surface area (Å²) in [6, 6.07) is 18.5. The molecule has 0 saturated carbocycles. The van der Waals surface area contributed by atoms with Crippen LogP contribution in [0.1, 0.15) is 50.9 Å². The van der Waals surface area contributed by atoms with Crippen molar-refractivity contribution in [2.75, 3.05) is 0 Å². The fourth-order valence-electron chi connectivity index (χ4n) is 3.89. The molecule has 0 aromatic heterocycles. The predicted molar refractivity (Wildman–Crippen MR) is 102 cm³/mol. The molecule has 3 rings (SSSR count). The number of carbonyl (C=O) groups is 2. The molecule has 1 heterocycles. The molecule has 1 aliphatic rings. The Hall–Kier alpha value is -2.62. The van der Waals surface area contributed by atoms with Gasteiger partial charge in [-0.1, -0.05) is 60.7 Å². The molecule has 1 aliphatic heterocycles. The minimum Gasteiger partial charge on any atom is -0.322 e. The predicted octanol–water partition coefficient (Wildman–Crippen LogP) is 3.96. The molecule has 4 nitrogen and oxygen atoms in total. The van der Waals surface area contributed by atoms with Gasteiger partial charge in [-0.05, 0) is 38.8 Å². The SMILES string of the molecule is C[C@@H]1C(=O)N([C@@H](C)c2ccccc2)[C@@H](C)C(=O)N1[C@@H](C)c1ccccc1. The van der Waals surface area contributed by atoms with Crippen LogP contribution in [0.3, 0.4) is 0 Å². The van der Waals surface area contributed by atoms with E-state index in [1.54, 1.807) is 9.80 Å². The van der Waals surface area contributed by atoms with Crippen LogP contribution in [0, 0.1) is 0 Å². The van der Waals surface area contributed by atoms with Gasteiger partial charge in [0.2, 0.25) is 11.8 Å². The summed E-state index contributed by atoms with van der Waals surface area (Å²) in [6.45, 7) is 7.63. The third kappa shape index (κ3) is 3.12. The molecular weight excluding hydrogens is 324 g/mol. The first-order valence-electron chi connectivity index (χ1n) is 9.17. The van der Waals surface area contributed by atoms with Gasteiger partial charge in [-0.15, -0.1) is 0 Å². The highest BCUT2D eigenvalue weighted by atomic mass is 16.2. The third-order valence-electron chi connectivity index (χ3n) is 5.46. The molecule has 4 heteroatoms. The average Bonchev–Trinajstić information content (AvgIpc) is 2.68. The van der Waals surface area contributed by atoms with E-state index in [9.17, 15) is 9.59 Å². The Morgan fingerprint density at radius 2 is 0.962 bits per heavy atom. The Bertz CT molecular complexity index is 708. The van der Waals surface area contributed by atoms with Crippen molar-refractivity contribution >= 4 is 11.8 Å².